The fourth-order valence-electron chi connectivity index (χ4n) is 2.77. The lowest BCUT2D eigenvalue weighted by molar-refractivity contribution is -0.140. The number of aliphatic carboxylic acids is 1. The van der Waals surface area contributed by atoms with E-state index < -0.39 is 10.7 Å². The monoisotopic (exact) mass is 367 g/mol. The van der Waals surface area contributed by atoms with Crippen LogP contribution in [0.3, 0.4) is 0 Å². The Labute approximate surface area is 155 Å². The smallest absolute Gasteiger partial charge is 0.322 e. The van der Waals surface area contributed by atoms with Crippen LogP contribution in [0.5, 0.6) is 0 Å². The van der Waals surface area contributed by atoms with E-state index in [9.17, 15) is 15.2 Å². The number of rotatable bonds is 6. The van der Waals surface area contributed by atoms with Crippen LogP contribution >= 0.6 is 11.8 Å². The van der Waals surface area contributed by atoms with Crippen molar-refractivity contribution in [1.82, 2.24) is 9.38 Å². The molecule has 0 bridgehead atoms. The Morgan fingerprint density at radius 1 is 1.42 bits per heavy atom. The van der Waals surface area contributed by atoms with Crippen LogP contribution in [0.25, 0.3) is 16.8 Å². The van der Waals surface area contributed by atoms with Crippen LogP contribution in [0, 0.1) is 11.3 Å². The van der Waals surface area contributed by atoms with Crippen LogP contribution in [0.2, 0.25) is 0 Å². The van der Waals surface area contributed by atoms with Crippen molar-refractivity contribution < 1.29 is 14.6 Å². The zero-order valence-corrected chi connectivity index (χ0v) is 15.2. The lowest BCUT2D eigenvalue weighted by Gasteiger charge is -2.24. The van der Waals surface area contributed by atoms with Gasteiger partial charge in [0.15, 0.2) is 0 Å². The number of nitriles is 1. The quantitative estimate of drug-likeness (QED) is 0.672. The van der Waals surface area contributed by atoms with Gasteiger partial charge in [-0.05, 0) is 37.3 Å². The molecule has 0 aliphatic rings. The van der Waals surface area contributed by atoms with E-state index in [1.165, 1.54) is 18.9 Å². The molecule has 0 aliphatic heterocycles. The first kappa shape index (κ1) is 18.0. The van der Waals surface area contributed by atoms with Gasteiger partial charge >= 0.3 is 5.97 Å². The molecule has 7 heteroatoms. The highest BCUT2D eigenvalue weighted by molar-refractivity contribution is 8.01. The minimum absolute atomic E-state index is 0.0705. The molecule has 132 valence electrons. The summed E-state index contributed by atoms with van der Waals surface area (Å²) in [5.41, 5.74) is 3.01. The predicted molar refractivity (Wildman–Crippen MR) is 99.1 cm³/mol. The molecule has 0 fully saturated rings. The first-order chi connectivity index (χ1) is 12.5. The Bertz CT molecular complexity index is 1010. The van der Waals surface area contributed by atoms with E-state index in [-0.39, 0.29) is 6.61 Å². The topological polar surface area (TPSA) is 87.6 Å². The molecule has 0 spiro atoms. The summed E-state index contributed by atoms with van der Waals surface area (Å²) in [7, 11) is 1.49. The standard InChI is InChI=1S/C19H17N3O3S/c1-19(12-25-2,18(23)24)26-17-7-8-21-11-14(17)16-6-5-13(10-20)15-4-3-9-22(15)16/h3-9,11H,12H2,1-2H3,(H,23,24). The molecular formula is C19H17N3O3S. The summed E-state index contributed by atoms with van der Waals surface area (Å²) in [6.45, 7) is 1.71. The van der Waals surface area contributed by atoms with Gasteiger partial charge in [-0.1, -0.05) is 0 Å². The van der Waals surface area contributed by atoms with Gasteiger partial charge in [0.25, 0.3) is 0 Å². The van der Waals surface area contributed by atoms with Crippen molar-refractivity contribution in [3.05, 3.63) is 54.5 Å². The fourth-order valence-corrected chi connectivity index (χ4v) is 3.91. The number of nitrogens with zero attached hydrogens (tertiary/aromatic N) is 3. The summed E-state index contributed by atoms with van der Waals surface area (Å²) < 4.78 is 5.89. The molecule has 1 atom stereocenters. The van der Waals surface area contributed by atoms with Gasteiger partial charge in [0.2, 0.25) is 0 Å². The average Bonchev–Trinajstić information content (AvgIpc) is 3.11. The number of carboxylic acid groups (broad SMARTS) is 1. The lowest BCUT2D eigenvalue weighted by Crippen LogP contribution is -2.36. The first-order valence-corrected chi connectivity index (χ1v) is 8.68. The maximum atomic E-state index is 11.8. The Morgan fingerprint density at radius 3 is 2.92 bits per heavy atom. The maximum absolute atomic E-state index is 11.8. The van der Waals surface area contributed by atoms with Crippen molar-refractivity contribution in [3.63, 3.8) is 0 Å². The largest absolute Gasteiger partial charge is 0.480 e. The van der Waals surface area contributed by atoms with Crippen molar-refractivity contribution in [3.8, 4) is 17.3 Å². The SMILES string of the molecule is COCC(C)(Sc1ccncc1-c1ccc(C#N)c2cccn12)C(=O)O. The number of ether oxygens (including phenoxy) is 1. The van der Waals surface area contributed by atoms with Crippen LogP contribution < -0.4 is 0 Å². The van der Waals surface area contributed by atoms with Gasteiger partial charge in [0.05, 0.1) is 23.4 Å². The van der Waals surface area contributed by atoms with E-state index in [1.807, 2.05) is 28.8 Å². The number of carbonyl (C=O) groups is 1. The Morgan fingerprint density at radius 2 is 2.23 bits per heavy atom. The predicted octanol–water partition coefficient (Wildman–Crippen LogP) is 3.45. The summed E-state index contributed by atoms with van der Waals surface area (Å²) in [6.07, 6.45) is 5.22. The van der Waals surface area contributed by atoms with Crippen LogP contribution in [0.4, 0.5) is 0 Å². The normalized spacial score (nSPS) is 13.3. The van der Waals surface area contributed by atoms with Gasteiger partial charge in [-0.2, -0.15) is 5.26 Å². The van der Waals surface area contributed by atoms with Crippen LogP contribution in [-0.2, 0) is 9.53 Å². The van der Waals surface area contributed by atoms with Crippen molar-refractivity contribution >= 4 is 23.2 Å². The third-order valence-corrected chi connectivity index (χ3v) is 5.40. The second kappa shape index (κ2) is 7.20. The van der Waals surface area contributed by atoms with Gasteiger partial charge in [-0.15, -0.1) is 11.8 Å². The fraction of sp³-hybridized carbons (Fsp3) is 0.211. The second-order valence-electron chi connectivity index (χ2n) is 5.95. The highest BCUT2D eigenvalue weighted by Gasteiger charge is 2.35. The number of fused-ring (bicyclic) bond motifs is 1. The van der Waals surface area contributed by atoms with Crippen molar-refractivity contribution in [2.45, 2.75) is 16.6 Å². The molecule has 3 heterocycles. The van der Waals surface area contributed by atoms with E-state index in [4.69, 9.17) is 4.74 Å². The molecule has 0 aromatic carbocycles. The summed E-state index contributed by atoms with van der Waals surface area (Å²) in [4.78, 5) is 16.7. The van der Waals surface area contributed by atoms with Gasteiger partial charge < -0.3 is 14.2 Å². The van der Waals surface area contributed by atoms with E-state index in [1.54, 1.807) is 31.5 Å². The number of hydrogen-bond acceptors (Lipinski definition) is 5. The van der Waals surface area contributed by atoms with Crippen molar-refractivity contribution in [2.24, 2.45) is 0 Å². The minimum atomic E-state index is -1.13. The number of aromatic nitrogens is 2. The summed E-state index contributed by atoms with van der Waals surface area (Å²) in [5.74, 6) is -0.946. The Balaban J connectivity index is 2.13. The molecule has 0 saturated carbocycles. The van der Waals surface area contributed by atoms with Crippen LogP contribution in [0.1, 0.15) is 12.5 Å². The van der Waals surface area contributed by atoms with Gasteiger partial charge in [-0.3, -0.25) is 9.78 Å². The summed E-state index contributed by atoms with van der Waals surface area (Å²) in [6, 6.07) is 11.3. The van der Waals surface area contributed by atoms with E-state index >= 15 is 0 Å². The van der Waals surface area contributed by atoms with E-state index in [0.29, 0.717) is 5.56 Å². The summed E-state index contributed by atoms with van der Waals surface area (Å²) >= 11 is 1.22. The van der Waals surface area contributed by atoms with Crippen molar-refractivity contribution in [1.29, 1.82) is 5.26 Å². The molecular weight excluding hydrogens is 350 g/mol. The third-order valence-electron chi connectivity index (χ3n) is 4.08. The number of thioether (sulfide) groups is 1. The van der Waals surface area contributed by atoms with E-state index in [2.05, 4.69) is 11.1 Å². The number of hydrogen-bond donors (Lipinski definition) is 1. The molecule has 3 aromatic rings. The highest BCUT2D eigenvalue weighted by atomic mass is 32.2. The van der Waals surface area contributed by atoms with Crippen LogP contribution in [-0.4, -0.2) is 38.9 Å². The number of pyridine rings is 2. The van der Waals surface area contributed by atoms with Crippen molar-refractivity contribution in [2.75, 3.05) is 13.7 Å². The maximum Gasteiger partial charge on any atom is 0.322 e. The summed E-state index contributed by atoms with van der Waals surface area (Å²) in [5, 5.41) is 18.9. The molecule has 3 aromatic heterocycles. The molecule has 1 unspecified atom stereocenters. The molecule has 0 saturated heterocycles. The zero-order chi connectivity index (χ0) is 18.7. The molecule has 0 amide bonds. The molecule has 26 heavy (non-hydrogen) atoms. The number of carboxylic acids is 1. The first-order valence-electron chi connectivity index (χ1n) is 7.86. The third kappa shape index (κ3) is 3.17. The van der Waals surface area contributed by atoms with Gasteiger partial charge in [-0.25, -0.2) is 0 Å². The molecule has 3 rings (SSSR count). The van der Waals surface area contributed by atoms with Gasteiger partial charge in [0.1, 0.15) is 10.8 Å². The Hall–Kier alpha value is -2.82. The highest BCUT2D eigenvalue weighted by Crippen LogP contribution is 2.39. The second-order valence-corrected chi connectivity index (χ2v) is 7.50. The van der Waals surface area contributed by atoms with Gasteiger partial charge in [0, 0.05) is 36.2 Å². The molecule has 0 radical (unpaired) electrons. The molecule has 0 aliphatic carbocycles. The van der Waals surface area contributed by atoms with Crippen LogP contribution in [0.15, 0.2) is 53.8 Å². The minimum Gasteiger partial charge on any atom is -0.480 e. The molecule has 1 N–H and O–H groups in total. The molecule has 6 nitrogen and oxygen atoms in total. The lowest BCUT2D eigenvalue weighted by atomic mass is 10.1. The number of methoxy groups -OCH3 is 1. The van der Waals surface area contributed by atoms with E-state index in [0.717, 1.165) is 21.7 Å². The zero-order valence-electron chi connectivity index (χ0n) is 14.3. The average molecular weight is 367 g/mol. The Kier molecular flexibility index (Phi) is 4.98.